The van der Waals surface area contributed by atoms with Gasteiger partial charge in [-0.05, 0) is 25.0 Å². The number of hydrogen-bond acceptors (Lipinski definition) is 7. The van der Waals surface area contributed by atoms with Gasteiger partial charge in [-0.25, -0.2) is 9.97 Å². The smallest absolute Gasteiger partial charge is 0.275 e. The van der Waals surface area contributed by atoms with Crippen molar-refractivity contribution >= 4 is 5.91 Å². The monoisotopic (exact) mass is 394 g/mol. The number of para-hydroxylation sites is 2. The minimum Gasteiger partial charge on any atom is -0.493 e. The van der Waals surface area contributed by atoms with Crippen LogP contribution in [0.25, 0.3) is 0 Å². The van der Waals surface area contributed by atoms with E-state index in [4.69, 9.17) is 13.9 Å². The van der Waals surface area contributed by atoms with E-state index in [9.17, 15) is 4.79 Å². The highest BCUT2D eigenvalue weighted by molar-refractivity contribution is 5.92. The number of oxazole rings is 1. The Morgan fingerprint density at radius 1 is 1.21 bits per heavy atom. The van der Waals surface area contributed by atoms with Crippen molar-refractivity contribution in [3.8, 4) is 17.4 Å². The Bertz CT molecular complexity index is 1000. The number of hydrogen-bond donors (Lipinski definition) is 0. The van der Waals surface area contributed by atoms with Gasteiger partial charge in [0.15, 0.2) is 23.1 Å². The first-order valence-corrected chi connectivity index (χ1v) is 9.49. The van der Waals surface area contributed by atoms with Crippen LogP contribution in [0.4, 0.5) is 0 Å². The van der Waals surface area contributed by atoms with Crippen LogP contribution >= 0.6 is 0 Å². The normalized spacial score (nSPS) is 16.5. The fourth-order valence-electron chi connectivity index (χ4n) is 3.51. The van der Waals surface area contributed by atoms with Crippen molar-refractivity contribution < 1.29 is 18.7 Å². The van der Waals surface area contributed by atoms with E-state index in [1.165, 1.54) is 6.26 Å². The second-order valence-electron chi connectivity index (χ2n) is 6.84. The summed E-state index contributed by atoms with van der Waals surface area (Å²) in [5.41, 5.74) is 1.06. The Morgan fingerprint density at radius 2 is 2.00 bits per heavy atom. The van der Waals surface area contributed by atoms with Crippen molar-refractivity contribution in [1.82, 2.24) is 19.9 Å². The molecular weight excluding hydrogens is 372 g/mol. The fraction of sp³-hybridized carbons (Fsp3) is 0.333. The van der Waals surface area contributed by atoms with Gasteiger partial charge in [0.1, 0.15) is 12.0 Å². The number of rotatable bonds is 5. The predicted molar refractivity (Wildman–Crippen MR) is 104 cm³/mol. The van der Waals surface area contributed by atoms with E-state index in [1.807, 2.05) is 24.3 Å². The van der Waals surface area contributed by atoms with Crippen LogP contribution in [0.5, 0.6) is 17.4 Å². The Balaban J connectivity index is 1.56. The van der Waals surface area contributed by atoms with E-state index in [1.54, 1.807) is 31.3 Å². The standard InChI is InChI=1S/C21H22N4O4/c1-14-24-16(13-28-14)21(26)25-11-5-6-15(12-25)19-20(23-10-9-22-19)29-18-8-4-3-7-17(18)27-2/h3-4,7-10,13,15H,5-6,11-12H2,1-2H3. The molecule has 0 aliphatic carbocycles. The van der Waals surface area contributed by atoms with E-state index < -0.39 is 0 Å². The van der Waals surface area contributed by atoms with Gasteiger partial charge in [0.05, 0.1) is 7.11 Å². The highest BCUT2D eigenvalue weighted by Crippen LogP contribution is 2.35. The van der Waals surface area contributed by atoms with Gasteiger partial charge in [-0.1, -0.05) is 12.1 Å². The third kappa shape index (κ3) is 4.06. The number of aryl methyl sites for hydroxylation is 1. The van der Waals surface area contributed by atoms with Crippen LogP contribution in [0.1, 0.15) is 40.8 Å². The molecule has 3 aromatic rings. The number of carbonyl (C=O) groups excluding carboxylic acids is 1. The summed E-state index contributed by atoms with van der Waals surface area (Å²) < 4.78 is 16.6. The summed E-state index contributed by atoms with van der Waals surface area (Å²) in [5, 5.41) is 0. The van der Waals surface area contributed by atoms with Gasteiger partial charge in [-0.3, -0.25) is 9.78 Å². The Morgan fingerprint density at radius 3 is 2.76 bits per heavy atom. The molecule has 1 aliphatic rings. The first kappa shape index (κ1) is 18.9. The van der Waals surface area contributed by atoms with Crippen LogP contribution in [-0.4, -0.2) is 46.0 Å². The third-order valence-electron chi connectivity index (χ3n) is 4.90. The lowest BCUT2D eigenvalue weighted by atomic mass is 9.94. The third-order valence-corrected chi connectivity index (χ3v) is 4.90. The van der Waals surface area contributed by atoms with Gasteiger partial charge in [0.2, 0.25) is 5.88 Å². The van der Waals surface area contributed by atoms with Crippen LogP contribution in [0.15, 0.2) is 47.3 Å². The molecule has 1 amide bonds. The molecule has 1 aliphatic heterocycles. The summed E-state index contributed by atoms with van der Waals surface area (Å²) in [7, 11) is 1.59. The summed E-state index contributed by atoms with van der Waals surface area (Å²) in [6.45, 7) is 2.91. The van der Waals surface area contributed by atoms with Crippen LogP contribution in [0, 0.1) is 6.92 Å². The Labute approximate surface area is 168 Å². The SMILES string of the molecule is COc1ccccc1Oc1nccnc1C1CCCN(C(=O)c2coc(C)n2)C1. The number of amides is 1. The maximum Gasteiger partial charge on any atom is 0.275 e. The number of aromatic nitrogens is 3. The lowest BCUT2D eigenvalue weighted by Crippen LogP contribution is -2.39. The molecule has 1 aromatic carbocycles. The average molecular weight is 394 g/mol. The maximum atomic E-state index is 12.8. The van der Waals surface area contributed by atoms with Crippen LogP contribution in [0.3, 0.4) is 0 Å². The Hall–Kier alpha value is -3.42. The van der Waals surface area contributed by atoms with Crippen molar-refractivity contribution in [2.45, 2.75) is 25.7 Å². The Kier molecular flexibility index (Phi) is 5.41. The summed E-state index contributed by atoms with van der Waals surface area (Å²) in [5.74, 6) is 1.96. The van der Waals surface area contributed by atoms with Crippen molar-refractivity contribution in [2.24, 2.45) is 0 Å². The maximum absolute atomic E-state index is 12.8. The summed E-state index contributed by atoms with van der Waals surface area (Å²) in [6, 6.07) is 7.39. The second-order valence-corrected chi connectivity index (χ2v) is 6.84. The number of carbonyl (C=O) groups is 1. The molecule has 150 valence electrons. The molecule has 0 bridgehead atoms. The molecule has 8 nitrogen and oxygen atoms in total. The topological polar surface area (TPSA) is 90.6 Å². The van der Waals surface area contributed by atoms with Gasteiger partial charge >= 0.3 is 0 Å². The van der Waals surface area contributed by atoms with E-state index in [0.29, 0.717) is 42.1 Å². The molecule has 0 radical (unpaired) electrons. The molecule has 3 heterocycles. The molecule has 1 atom stereocenters. The lowest BCUT2D eigenvalue weighted by molar-refractivity contribution is 0.0698. The first-order chi connectivity index (χ1) is 14.2. The van der Waals surface area contributed by atoms with Gasteiger partial charge < -0.3 is 18.8 Å². The van der Waals surface area contributed by atoms with Gasteiger partial charge in [-0.2, -0.15) is 0 Å². The molecule has 1 saturated heterocycles. The van der Waals surface area contributed by atoms with Crippen LogP contribution in [-0.2, 0) is 0 Å². The number of likely N-dealkylation sites (tertiary alicyclic amines) is 1. The zero-order valence-corrected chi connectivity index (χ0v) is 16.4. The molecular formula is C21H22N4O4. The quantitative estimate of drug-likeness (QED) is 0.653. The van der Waals surface area contributed by atoms with Crippen LogP contribution < -0.4 is 9.47 Å². The van der Waals surface area contributed by atoms with Crippen molar-refractivity contribution in [2.75, 3.05) is 20.2 Å². The molecule has 29 heavy (non-hydrogen) atoms. The second kappa shape index (κ2) is 8.30. The number of nitrogens with zero attached hydrogens (tertiary/aromatic N) is 4. The van der Waals surface area contributed by atoms with Gasteiger partial charge in [0, 0.05) is 38.3 Å². The molecule has 2 aromatic heterocycles. The average Bonchev–Trinajstić information content (AvgIpc) is 3.20. The first-order valence-electron chi connectivity index (χ1n) is 9.49. The van der Waals surface area contributed by atoms with E-state index in [0.717, 1.165) is 18.5 Å². The van der Waals surface area contributed by atoms with Gasteiger partial charge in [-0.15, -0.1) is 0 Å². The number of methoxy groups -OCH3 is 1. The van der Waals surface area contributed by atoms with Crippen molar-refractivity contribution in [3.05, 3.63) is 60.2 Å². The molecule has 1 unspecified atom stereocenters. The molecule has 0 spiro atoms. The summed E-state index contributed by atoms with van der Waals surface area (Å²) in [4.78, 5) is 27.6. The number of benzene rings is 1. The van der Waals surface area contributed by atoms with E-state index in [-0.39, 0.29) is 11.8 Å². The predicted octanol–water partition coefficient (Wildman–Crippen LogP) is 3.59. The number of ether oxygens (including phenoxy) is 2. The molecule has 4 rings (SSSR count). The highest BCUT2D eigenvalue weighted by Gasteiger charge is 2.30. The highest BCUT2D eigenvalue weighted by atomic mass is 16.5. The zero-order chi connectivity index (χ0) is 20.2. The minimum atomic E-state index is -0.136. The minimum absolute atomic E-state index is 0.0131. The summed E-state index contributed by atoms with van der Waals surface area (Å²) >= 11 is 0. The number of piperidine rings is 1. The lowest BCUT2D eigenvalue weighted by Gasteiger charge is -2.32. The molecule has 8 heteroatoms. The van der Waals surface area contributed by atoms with E-state index in [2.05, 4.69) is 15.0 Å². The molecule has 1 fully saturated rings. The molecule has 0 N–H and O–H groups in total. The van der Waals surface area contributed by atoms with Crippen molar-refractivity contribution in [3.63, 3.8) is 0 Å². The summed E-state index contributed by atoms with van der Waals surface area (Å²) in [6.07, 6.45) is 6.39. The molecule has 0 saturated carbocycles. The fourth-order valence-corrected chi connectivity index (χ4v) is 3.51. The van der Waals surface area contributed by atoms with E-state index >= 15 is 0 Å². The van der Waals surface area contributed by atoms with Crippen molar-refractivity contribution in [1.29, 1.82) is 0 Å². The van der Waals surface area contributed by atoms with Crippen LogP contribution in [0.2, 0.25) is 0 Å². The largest absolute Gasteiger partial charge is 0.493 e. The zero-order valence-electron chi connectivity index (χ0n) is 16.4. The van der Waals surface area contributed by atoms with Gasteiger partial charge in [0.25, 0.3) is 5.91 Å².